The van der Waals surface area contributed by atoms with Gasteiger partial charge >= 0.3 is 0 Å². The lowest BCUT2D eigenvalue weighted by molar-refractivity contribution is 0.239. The number of nitrogens with one attached hydrogen (secondary N) is 1. The van der Waals surface area contributed by atoms with Gasteiger partial charge in [0, 0.05) is 29.7 Å². The van der Waals surface area contributed by atoms with Crippen LogP contribution in [0.25, 0.3) is 0 Å². The lowest BCUT2D eigenvalue weighted by Crippen LogP contribution is -2.37. The monoisotopic (exact) mass is 282 g/mol. The number of halogens is 1. The predicted molar refractivity (Wildman–Crippen MR) is 79.7 cm³/mol. The Kier molecular flexibility index (Phi) is 5.49. The number of nitrogens with zero attached hydrogens (tertiary/aromatic N) is 1. The van der Waals surface area contributed by atoms with Gasteiger partial charge in [-0.15, -0.1) is 0 Å². The predicted octanol–water partition coefficient (Wildman–Crippen LogP) is 3.01. The Morgan fingerprint density at radius 2 is 2.32 bits per heavy atom. The molecule has 0 aromatic heterocycles. The van der Waals surface area contributed by atoms with E-state index in [1.54, 1.807) is 12.1 Å². The van der Waals surface area contributed by atoms with E-state index >= 15 is 0 Å². The molecule has 1 aliphatic heterocycles. The summed E-state index contributed by atoms with van der Waals surface area (Å²) in [4.78, 5) is 2.40. The molecule has 0 aliphatic carbocycles. The molecule has 0 saturated carbocycles. The zero-order valence-electron chi connectivity index (χ0n) is 11.5. The molecule has 4 heteroatoms. The summed E-state index contributed by atoms with van der Waals surface area (Å²) in [6.45, 7) is 6.17. The third-order valence-corrected chi connectivity index (χ3v) is 3.85. The maximum absolute atomic E-state index is 9.91. The minimum atomic E-state index is 0.338. The molecule has 1 aromatic rings. The highest BCUT2D eigenvalue weighted by molar-refractivity contribution is 6.30. The summed E-state index contributed by atoms with van der Waals surface area (Å²) in [6, 6.07) is 5.85. The first kappa shape index (κ1) is 14.6. The summed E-state index contributed by atoms with van der Waals surface area (Å²) in [5.74, 6) is 0.338. The number of phenolic OH excluding ortho intramolecular Hbond substituents is 1. The first-order valence-corrected chi connectivity index (χ1v) is 7.50. The fraction of sp³-hybridized carbons (Fsp3) is 0.600. The zero-order chi connectivity index (χ0) is 13.7. The van der Waals surface area contributed by atoms with Gasteiger partial charge in [-0.1, -0.05) is 18.5 Å². The highest BCUT2D eigenvalue weighted by Gasteiger charge is 2.18. The van der Waals surface area contributed by atoms with Gasteiger partial charge in [0.15, 0.2) is 0 Å². The summed E-state index contributed by atoms with van der Waals surface area (Å²) in [6.07, 6.45) is 3.64. The van der Waals surface area contributed by atoms with E-state index in [0.717, 1.165) is 38.2 Å². The number of benzene rings is 1. The Morgan fingerprint density at radius 1 is 1.47 bits per heavy atom. The molecule has 1 aliphatic rings. The van der Waals surface area contributed by atoms with Gasteiger partial charge in [0.2, 0.25) is 0 Å². The molecule has 2 rings (SSSR count). The van der Waals surface area contributed by atoms with Crippen LogP contribution in [0.5, 0.6) is 5.75 Å². The first-order chi connectivity index (χ1) is 9.19. The highest BCUT2D eigenvalue weighted by atomic mass is 35.5. The second kappa shape index (κ2) is 7.13. The maximum atomic E-state index is 9.91. The van der Waals surface area contributed by atoms with Gasteiger partial charge in [-0.2, -0.15) is 0 Å². The van der Waals surface area contributed by atoms with Crippen molar-refractivity contribution in [2.75, 3.05) is 19.6 Å². The standard InChI is InChI=1S/C15H23ClN2O/c1-2-8-18(11-14-4-3-7-17-14)10-12-9-13(16)5-6-15(12)19/h5-6,9,14,17,19H,2-4,7-8,10-11H2,1H3. The van der Waals surface area contributed by atoms with Crippen LogP contribution in [-0.2, 0) is 6.54 Å². The van der Waals surface area contributed by atoms with E-state index in [0.29, 0.717) is 16.8 Å². The molecule has 1 heterocycles. The number of hydrogen-bond donors (Lipinski definition) is 2. The molecule has 0 radical (unpaired) electrons. The van der Waals surface area contributed by atoms with E-state index in [1.165, 1.54) is 12.8 Å². The second-order valence-corrected chi connectivity index (χ2v) is 5.74. The molecule has 0 bridgehead atoms. The molecule has 1 saturated heterocycles. The van der Waals surface area contributed by atoms with Crippen molar-refractivity contribution in [3.8, 4) is 5.75 Å². The van der Waals surface area contributed by atoms with Crippen molar-refractivity contribution >= 4 is 11.6 Å². The molecule has 106 valence electrons. The Labute approximate surface area is 120 Å². The van der Waals surface area contributed by atoms with Crippen molar-refractivity contribution in [2.45, 2.75) is 38.8 Å². The summed E-state index contributed by atoms with van der Waals surface area (Å²) < 4.78 is 0. The fourth-order valence-corrected chi connectivity index (χ4v) is 2.89. The van der Waals surface area contributed by atoms with Gasteiger partial charge in [0.05, 0.1) is 0 Å². The normalized spacial score (nSPS) is 19.2. The Hall–Kier alpha value is -0.770. The summed E-state index contributed by atoms with van der Waals surface area (Å²) in [5.41, 5.74) is 0.916. The topological polar surface area (TPSA) is 35.5 Å². The molecular weight excluding hydrogens is 260 g/mol. The molecule has 1 fully saturated rings. The number of phenols is 1. The number of rotatable bonds is 6. The van der Waals surface area contributed by atoms with Crippen LogP contribution >= 0.6 is 11.6 Å². The third-order valence-electron chi connectivity index (χ3n) is 3.62. The number of aromatic hydroxyl groups is 1. The average molecular weight is 283 g/mol. The van der Waals surface area contributed by atoms with Gasteiger partial charge in [-0.3, -0.25) is 4.90 Å². The quantitative estimate of drug-likeness (QED) is 0.842. The van der Waals surface area contributed by atoms with Crippen LogP contribution in [0.3, 0.4) is 0 Å². The third kappa shape index (κ3) is 4.37. The van der Waals surface area contributed by atoms with Crippen LogP contribution in [0.4, 0.5) is 0 Å². The van der Waals surface area contributed by atoms with Crippen LogP contribution in [-0.4, -0.2) is 35.7 Å². The fourth-order valence-electron chi connectivity index (χ4n) is 2.70. The first-order valence-electron chi connectivity index (χ1n) is 7.12. The average Bonchev–Trinajstić information content (AvgIpc) is 2.87. The van der Waals surface area contributed by atoms with E-state index in [1.807, 2.05) is 6.07 Å². The van der Waals surface area contributed by atoms with Crippen LogP contribution in [0.1, 0.15) is 31.7 Å². The van der Waals surface area contributed by atoms with Crippen molar-refractivity contribution in [2.24, 2.45) is 0 Å². The molecule has 2 N–H and O–H groups in total. The van der Waals surface area contributed by atoms with Gasteiger partial charge in [-0.05, 0) is 50.6 Å². The summed E-state index contributed by atoms with van der Waals surface area (Å²) in [7, 11) is 0. The van der Waals surface area contributed by atoms with Crippen molar-refractivity contribution in [3.63, 3.8) is 0 Å². The minimum absolute atomic E-state index is 0.338. The van der Waals surface area contributed by atoms with Crippen molar-refractivity contribution in [1.82, 2.24) is 10.2 Å². The Morgan fingerprint density at radius 3 is 3.00 bits per heavy atom. The van der Waals surface area contributed by atoms with Crippen LogP contribution < -0.4 is 5.32 Å². The van der Waals surface area contributed by atoms with E-state index in [9.17, 15) is 5.11 Å². The highest BCUT2D eigenvalue weighted by Crippen LogP contribution is 2.23. The molecule has 0 amide bonds. The molecule has 1 atom stereocenters. The lowest BCUT2D eigenvalue weighted by atomic mass is 10.1. The second-order valence-electron chi connectivity index (χ2n) is 5.30. The SMILES string of the molecule is CCCN(Cc1cc(Cl)ccc1O)CC1CCCN1. The molecular formula is C15H23ClN2O. The van der Waals surface area contributed by atoms with Gasteiger partial charge in [0.1, 0.15) is 5.75 Å². The van der Waals surface area contributed by atoms with Crippen molar-refractivity contribution < 1.29 is 5.11 Å². The van der Waals surface area contributed by atoms with Crippen LogP contribution in [0.2, 0.25) is 5.02 Å². The summed E-state index contributed by atoms with van der Waals surface area (Å²) >= 11 is 6.01. The van der Waals surface area contributed by atoms with Gasteiger partial charge < -0.3 is 10.4 Å². The van der Waals surface area contributed by atoms with Crippen molar-refractivity contribution in [1.29, 1.82) is 0 Å². The Balaban J connectivity index is 2.00. The van der Waals surface area contributed by atoms with E-state index in [-0.39, 0.29) is 0 Å². The lowest BCUT2D eigenvalue weighted by Gasteiger charge is -2.25. The molecule has 3 nitrogen and oxygen atoms in total. The minimum Gasteiger partial charge on any atom is -0.508 e. The molecule has 1 unspecified atom stereocenters. The smallest absolute Gasteiger partial charge is 0.120 e. The number of hydrogen-bond acceptors (Lipinski definition) is 3. The van der Waals surface area contributed by atoms with Crippen LogP contribution in [0, 0.1) is 0 Å². The molecule has 1 aromatic carbocycles. The Bertz CT molecular complexity index is 405. The largest absolute Gasteiger partial charge is 0.508 e. The van der Waals surface area contributed by atoms with E-state index < -0.39 is 0 Å². The van der Waals surface area contributed by atoms with E-state index in [2.05, 4.69) is 17.1 Å². The zero-order valence-corrected chi connectivity index (χ0v) is 12.3. The van der Waals surface area contributed by atoms with Crippen molar-refractivity contribution in [3.05, 3.63) is 28.8 Å². The summed E-state index contributed by atoms with van der Waals surface area (Å²) in [5, 5.41) is 14.1. The van der Waals surface area contributed by atoms with Gasteiger partial charge in [-0.25, -0.2) is 0 Å². The maximum Gasteiger partial charge on any atom is 0.120 e. The van der Waals surface area contributed by atoms with Crippen LogP contribution in [0.15, 0.2) is 18.2 Å². The molecule has 0 spiro atoms. The van der Waals surface area contributed by atoms with Gasteiger partial charge in [0.25, 0.3) is 0 Å². The van der Waals surface area contributed by atoms with E-state index in [4.69, 9.17) is 11.6 Å². The molecule has 19 heavy (non-hydrogen) atoms.